The van der Waals surface area contributed by atoms with Crippen molar-refractivity contribution in [1.82, 2.24) is 4.90 Å². The Labute approximate surface area is 130 Å². The van der Waals surface area contributed by atoms with Crippen molar-refractivity contribution in [3.8, 4) is 0 Å². The topological polar surface area (TPSA) is 49.4 Å². The molecular formula is C13H14ClIN2O2. The van der Waals surface area contributed by atoms with E-state index in [2.05, 4.69) is 27.9 Å². The van der Waals surface area contributed by atoms with Crippen LogP contribution in [0.1, 0.15) is 20.3 Å². The molecule has 1 aromatic carbocycles. The van der Waals surface area contributed by atoms with Gasteiger partial charge in [-0.15, -0.1) is 0 Å². The van der Waals surface area contributed by atoms with Gasteiger partial charge >= 0.3 is 0 Å². The molecule has 102 valence electrons. The van der Waals surface area contributed by atoms with E-state index in [4.69, 9.17) is 11.6 Å². The van der Waals surface area contributed by atoms with Crippen LogP contribution in [0.5, 0.6) is 0 Å². The lowest BCUT2D eigenvalue weighted by Crippen LogP contribution is -2.39. The Bertz CT molecular complexity index is 533. The van der Waals surface area contributed by atoms with E-state index in [0.717, 1.165) is 3.57 Å². The van der Waals surface area contributed by atoms with E-state index >= 15 is 0 Å². The summed E-state index contributed by atoms with van der Waals surface area (Å²) in [7, 11) is 0. The van der Waals surface area contributed by atoms with Crippen molar-refractivity contribution < 1.29 is 9.59 Å². The van der Waals surface area contributed by atoms with E-state index in [-0.39, 0.29) is 24.3 Å². The van der Waals surface area contributed by atoms with Gasteiger partial charge in [0.1, 0.15) is 6.04 Å². The number of benzene rings is 1. The summed E-state index contributed by atoms with van der Waals surface area (Å²) in [6.07, 6.45) is 0.180. The Balaban J connectivity index is 2.16. The van der Waals surface area contributed by atoms with Gasteiger partial charge in [-0.3, -0.25) is 14.5 Å². The molecule has 2 rings (SSSR count). The third-order valence-electron chi connectivity index (χ3n) is 2.96. The van der Waals surface area contributed by atoms with Crippen LogP contribution in [0.25, 0.3) is 0 Å². The minimum atomic E-state index is -0.521. The zero-order chi connectivity index (χ0) is 14.2. The number of imide groups is 1. The van der Waals surface area contributed by atoms with E-state index < -0.39 is 6.04 Å². The second-order valence-corrected chi connectivity index (χ2v) is 6.37. The standard InChI is InChI=1S/C13H14ClIN2O2/c1-7(2)17-12(18)6-11(13(17)19)16-10-4-3-8(15)5-9(10)14/h3-5,7,11,16H,6H2,1-2H3. The van der Waals surface area contributed by atoms with Gasteiger partial charge in [0.2, 0.25) is 5.91 Å². The number of likely N-dealkylation sites (tertiary alicyclic amines) is 1. The van der Waals surface area contributed by atoms with Crippen molar-refractivity contribution >= 4 is 51.7 Å². The molecule has 1 fully saturated rings. The lowest BCUT2D eigenvalue weighted by Gasteiger charge is -2.19. The van der Waals surface area contributed by atoms with Crippen molar-refractivity contribution in [2.24, 2.45) is 0 Å². The number of amides is 2. The summed E-state index contributed by atoms with van der Waals surface area (Å²) in [5.41, 5.74) is 0.679. The number of carbonyl (C=O) groups is 2. The molecule has 1 atom stereocenters. The maximum absolute atomic E-state index is 12.1. The molecule has 6 heteroatoms. The second kappa shape index (κ2) is 5.66. The SMILES string of the molecule is CC(C)N1C(=O)CC(Nc2ccc(I)cc2Cl)C1=O. The monoisotopic (exact) mass is 392 g/mol. The van der Waals surface area contributed by atoms with Gasteiger partial charge < -0.3 is 5.32 Å². The van der Waals surface area contributed by atoms with Gasteiger partial charge in [-0.25, -0.2) is 0 Å². The van der Waals surface area contributed by atoms with Gasteiger partial charge in [0.05, 0.1) is 17.1 Å². The number of anilines is 1. The zero-order valence-corrected chi connectivity index (χ0v) is 13.5. The van der Waals surface area contributed by atoms with E-state index in [9.17, 15) is 9.59 Å². The van der Waals surface area contributed by atoms with Crippen molar-refractivity contribution in [3.63, 3.8) is 0 Å². The fraction of sp³-hybridized carbons (Fsp3) is 0.385. The number of carbonyl (C=O) groups excluding carboxylic acids is 2. The van der Waals surface area contributed by atoms with Crippen molar-refractivity contribution in [2.75, 3.05) is 5.32 Å². The van der Waals surface area contributed by atoms with E-state index in [0.29, 0.717) is 10.7 Å². The van der Waals surface area contributed by atoms with Crippen molar-refractivity contribution in [1.29, 1.82) is 0 Å². The summed E-state index contributed by atoms with van der Waals surface area (Å²) >= 11 is 8.28. The Morgan fingerprint density at radius 1 is 1.42 bits per heavy atom. The average Bonchev–Trinajstić information content (AvgIpc) is 2.58. The smallest absolute Gasteiger partial charge is 0.252 e. The second-order valence-electron chi connectivity index (χ2n) is 4.72. The zero-order valence-electron chi connectivity index (χ0n) is 10.6. The fourth-order valence-corrected chi connectivity index (χ4v) is 3.01. The van der Waals surface area contributed by atoms with Crippen LogP contribution >= 0.6 is 34.2 Å². The van der Waals surface area contributed by atoms with Crippen LogP contribution in [0.15, 0.2) is 18.2 Å². The highest BCUT2D eigenvalue weighted by Crippen LogP contribution is 2.27. The first-order chi connectivity index (χ1) is 8.90. The molecule has 1 N–H and O–H groups in total. The van der Waals surface area contributed by atoms with Crippen LogP contribution in [-0.4, -0.2) is 28.8 Å². The van der Waals surface area contributed by atoms with E-state index in [1.54, 1.807) is 0 Å². The molecule has 1 aromatic rings. The van der Waals surface area contributed by atoms with E-state index in [1.165, 1.54) is 4.90 Å². The largest absolute Gasteiger partial charge is 0.372 e. The number of hydrogen-bond donors (Lipinski definition) is 1. The molecule has 0 aliphatic carbocycles. The summed E-state index contributed by atoms with van der Waals surface area (Å²) in [5.74, 6) is -0.325. The van der Waals surface area contributed by atoms with Gasteiger partial charge in [0.15, 0.2) is 0 Å². The van der Waals surface area contributed by atoms with Gasteiger partial charge in [0.25, 0.3) is 5.91 Å². The van der Waals surface area contributed by atoms with Crippen molar-refractivity contribution in [3.05, 3.63) is 26.8 Å². The summed E-state index contributed by atoms with van der Waals surface area (Å²) in [5, 5.41) is 3.61. The molecule has 0 bridgehead atoms. The molecule has 1 heterocycles. The average molecular weight is 393 g/mol. The Hall–Kier alpha value is -0.820. The molecule has 0 aromatic heterocycles. The predicted molar refractivity (Wildman–Crippen MR) is 83.2 cm³/mol. The molecule has 19 heavy (non-hydrogen) atoms. The highest BCUT2D eigenvalue weighted by Gasteiger charge is 2.39. The van der Waals surface area contributed by atoms with Crippen LogP contribution in [-0.2, 0) is 9.59 Å². The number of nitrogens with one attached hydrogen (secondary N) is 1. The van der Waals surface area contributed by atoms with Gasteiger partial charge in [-0.1, -0.05) is 11.6 Å². The molecule has 2 amide bonds. The van der Waals surface area contributed by atoms with Crippen LogP contribution in [0.3, 0.4) is 0 Å². The number of halogens is 2. The normalized spacial score (nSPS) is 19.4. The minimum Gasteiger partial charge on any atom is -0.372 e. The summed E-state index contributed by atoms with van der Waals surface area (Å²) in [6, 6.07) is 4.90. The predicted octanol–water partition coefficient (Wildman–Crippen LogP) is 2.89. The lowest BCUT2D eigenvalue weighted by atomic mass is 10.2. The van der Waals surface area contributed by atoms with Crippen LogP contribution < -0.4 is 5.32 Å². The third-order valence-corrected chi connectivity index (χ3v) is 3.94. The molecule has 1 saturated heterocycles. The van der Waals surface area contributed by atoms with Crippen LogP contribution in [0.4, 0.5) is 5.69 Å². The lowest BCUT2D eigenvalue weighted by molar-refractivity contribution is -0.140. The molecule has 1 aliphatic rings. The van der Waals surface area contributed by atoms with Gasteiger partial charge in [0, 0.05) is 9.61 Å². The summed E-state index contributed by atoms with van der Waals surface area (Å²) in [6.45, 7) is 3.66. The maximum Gasteiger partial charge on any atom is 0.252 e. The molecular weight excluding hydrogens is 379 g/mol. The molecule has 1 unspecified atom stereocenters. The third kappa shape index (κ3) is 3.02. The van der Waals surface area contributed by atoms with Crippen LogP contribution in [0, 0.1) is 3.57 Å². The van der Waals surface area contributed by atoms with E-state index in [1.807, 2.05) is 32.0 Å². The first-order valence-electron chi connectivity index (χ1n) is 5.97. The van der Waals surface area contributed by atoms with Crippen LogP contribution in [0.2, 0.25) is 5.02 Å². The first-order valence-corrected chi connectivity index (χ1v) is 7.43. The summed E-state index contributed by atoms with van der Waals surface area (Å²) in [4.78, 5) is 25.2. The minimum absolute atomic E-state index is 0.112. The highest BCUT2D eigenvalue weighted by atomic mass is 127. The maximum atomic E-state index is 12.1. The Kier molecular flexibility index (Phi) is 4.35. The van der Waals surface area contributed by atoms with Gasteiger partial charge in [-0.2, -0.15) is 0 Å². The number of hydrogen-bond acceptors (Lipinski definition) is 3. The molecule has 4 nitrogen and oxygen atoms in total. The highest BCUT2D eigenvalue weighted by molar-refractivity contribution is 14.1. The molecule has 0 spiro atoms. The first kappa shape index (κ1) is 14.6. The van der Waals surface area contributed by atoms with Gasteiger partial charge in [-0.05, 0) is 54.6 Å². The molecule has 0 radical (unpaired) electrons. The summed E-state index contributed by atoms with van der Waals surface area (Å²) < 4.78 is 1.02. The number of rotatable bonds is 3. The quantitative estimate of drug-likeness (QED) is 0.636. The molecule has 0 saturated carbocycles. The Morgan fingerprint density at radius 3 is 2.63 bits per heavy atom. The number of nitrogens with zero attached hydrogens (tertiary/aromatic N) is 1. The van der Waals surface area contributed by atoms with Crippen molar-refractivity contribution in [2.45, 2.75) is 32.4 Å². The molecule has 1 aliphatic heterocycles. The fourth-order valence-electron chi connectivity index (χ4n) is 2.10. The Morgan fingerprint density at radius 2 is 2.11 bits per heavy atom.